The summed E-state index contributed by atoms with van der Waals surface area (Å²) in [5.41, 5.74) is 6.45. The Bertz CT molecular complexity index is 552. The third kappa shape index (κ3) is 6.46. The van der Waals surface area contributed by atoms with Gasteiger partial charge in [0, 0.05) is 11.4 Å². The Kier molecular flexibility index (Phi) is 7.73. The fraction of sp³-hybridized carbons (Fsp3) is 0.500. The molecular weight excluding hydrogens is 296 g/mol. The fourth-order valence-corrected chi connectivity index (χ4v) is 1.82. The van der Waals surface area contributed by atoms with E-state index >= 15 is 0 Å². The molecule has 1 aromatic heterocycles. The summed E-state index contributed by atoms with van der Waals surface area (Å²) in [7, 11) is 0. The monoisotopic (exact) mass is 320 g/mol. The van der Waals surface area contributed by atoms with Gasteiger partial charge in [0.15, 0.2) is 11.5 Å². The minimum absolute atomic E-state index is 0.0254. The molecule has 0 radical (unpaired) electrons. The molecule has 0 bridgehead atoms. The molecule has 1 heterocycles. The fourth-order valence-electron chi connectivity index (χ4n) is 1.82. The third-order valence-electron chi connectivity index (χ3n) is 2.97. The second kappa shape index (κ2) is 9.55. The van der Waals surface area contributed by atoms with E-state index in [2.05, 4.69) is 21.1 Å². The van der Waals surface area contributed by atoms with Crippen LogP contribution in [0, 0.1) is 0 Å². The number of carbonyl (C=O) groups excluding carboxylic acids is 2. The highest BCUT2D eigenvalue weighted by Gasteiger charge is 2.15. The zero-order valence-electron chi connectivity index (χ0n) is 14.1. The highest BCUT2D eigenvalue weighted by atomic mass is 16.4. The molecule has 126 valence electrons. The van der Waals surface area contributed by atoms with Crippen LogP contribution in [0.3, 0.4) is 0 Å². The molecule has 2 amide bonds. The molecule has 1 rings (SSSR count). The quantitative estimate of drug-likeness (QED) is 0.569. The molecule has 0 aliphatic rings. The zero-order chi connectivity index (χ0) is 17.2. The van der Waals surface area contributed by atoms with Gasteiger partial charge in [-0.25, -0.2) is 10.9 Å². The molecule has 2 N–H and O–H groups in total. The van der Waals surface area contributed by atoms with Gasteiger partial charge in [0.2, 0.25) is 0 Å². The van der Waals surface area contributed by atoms with E-state index < -0.39 is 11.8 Å². The van der Waals surface area contributed by atoms with E-state index in [0.29, 0.717) is 0 Å². The van der Waals surface area contributed by atoms with Crippen molar-refractivity contribution >= 4 is 23.2 Å². The highest BCUT2D eigenvalue weighted by molar-refractivity contribution is 5.96. The maximum Gasteiger partial charge on any atom is 0.307 e. The molecule has 0 aromatic carbocycles. The number of carbonyl (C=O) groups is 2. The van der Waals surface area contributed by atoms with Crippen LogP contribution in [0.15, 0.2) is 26.8 Å². The van der Waals surface area contributed by atoms with Crippen molar-refractivity contribution in [2.24, 2.45) is 10.2 Å². The summed E-state index contributed by atoms with van der Waals surface area (Å²) in [5, 5.41) is 7.92. The molecule has 0 aliphatic heterocycles. The molecule has 0 fully saturated rings. The van der Waals surface area contributed by atoms with Gasteiger partial charge in [-0.05, 0) is 38.8 Å². The van der Waals surface area contributed by atoms with E-state index in [9.17, 15) is 9.59 Å². The van der Waals surface area contributed by atoms with Gasteiger partial charge < -0.3 is 4.42 Å². The van der Waals surface area contributed by atoms with E-state index in [-0.39, 0.29) is 11.5 Å². The first-order valence-corrected chi connectivity index (χ1v) is 7.74. The maximum atomic E-state index is 11.9. The van der Waals surface area contributed by atoms with E-state index in [0.717, 1.165) is 37.1 Å². The van der Waals surface area contributed by atoms with Crippen molar-refractivity contribution in [3.8, 4) is 0 Å². The summed E-state index contributed by atoms with van der Waals surface area (Å²) in [6.07, 6.45) is 3.52. The van der Waals surface area contributed by atoms with Crippen molar-refractivity contribution in [3.63, 3.8) is 0 Å². The first kappa shape index (κ1) is 18.6. The molecule has 0 atom stereocenters. The summed E-state index contributed by atoms with van der Waals surface area (Å²) >= 11 is 0. The van der Waals surface area contributed by atoms with Crippen molar-refractivity contribution in [1.82, 2.24) is 10.9 Å². The van der Waals surface area contributed by atoms with Crippen LogP contribution in [0.4, 0.5) is 0 Å². The number of furan rings is 1. The van der Waals surface area contributed by atoms with Gasteiger partial charge >= 0.3 is 11.8 Å². The minimum atomic E-state index is -0.495. The van der Waals surface area contributed by atoms with Crippen LogP contribution in [0.25, 0.3) is 0 Å². The predicted molar refractivity (Wildman–Crippen MR) is 89.7 cm³/mol. The lowest BCUT2D eigenvalue weighted by Gasteiger charge is -2.00. The maximum absolute atomic E-state index is 11.9. The van der Waals surface area contributed by atoms with Crippen LogP contribution in [0.1, 0.15) is 74.5 Å². The van der Waals surface area contributed by atoms with Crippen LogP contribution in [-0.4, -0.2) is 23.2 Å². The first-order chi connectivity index (χ1) is 11.0. The molecule has 1 aromatic rings. The van der Waals surface area contributed by atoms with Gasteiger partial charge in [0.25, 0.3) is 0 Å². The number of hydrogen-bond acceptors (Lipinski definition) is 5. The molecule has 0 unspecified atom stereocenters. The van der Waals surface area contributed by atoms with Gasteiger partial charge in [-0.15, -0.1) is 0 Å². The van der Waals surface area contributed by atoms with Gasteiger partial charge in [-0.3, -0.25) is 9.59 Å². The summed E-state index contributed by atoms with van der Waals surface area (Å²) < 4.78 is 5.23. The Morgan fingerprint density at radius 2 is 1.30 bits per heavy atom. The van der Waals surface area contributed by atoms with Crippen LogP contribution in [-0.2, 0) is 0 Å². The second-order valence-electron chi connectivity index (χ2n) is 5.24. The third-order valence-corrected chi connectivity index (χ3v) is 2.97. The standard InChI is InChI=1S/C16H24N4O3/c1-5-7-11(3)17-19-15(21)13-9-10-14(23-13)16(22)20-18-12(4)8-6-2/h9-10H,5-8H2,1-4H3,(H,19,21)(H,20,22)/b17-11-,18-12-. The Balaban J connectivity index is 2.63. The van der Waals surface area contributed by atoms with Gasteiger partial charge in [-0.2, -0.15) is 10.2 Å². The molecule has 0 spiro atoms. The second-order valence-corrected chi connectivity index (χ2v) is 5.24. The normalized spacial score (nSPS) is 12.2. The molecule has 23 heavy (non-hydrogen) atoms. The smallest absolute Gasteiger partial charge is 0.307 e. The summed E-state index contributed by atoms with van der Waals surface area (Å²) in [6.45, 7) is 7.73. The van der Waals surface area contributed by atoms with Crippen molar-refractivity contribution in [1.29, 1.82) is 0 Å². The number of nitrogens with one attached hydrogen (secondary N) is 2. The van der Waals surface area contributed by atoms with E-state index in [1.165, 1.54) is 12.1 Å². The lowest BCUT2D eigenvalue weighted by Crippen LogP contribution is -2.19. The largest absolute Gasteiger partial charge is 0.446 e. The molecule has 0 aliphatic carbocycles. The summed E-state index contributed by atoms with van der Waals surface area (Å²) in [6, 6.07) is 2.86. The number of amides is 2. The minimum Gasteiger partial charge on any atom is -0.446 e. The van der Waals surface area contributed by atoms with Crippen molar-refractivity contribution in [2.45, 2.75) is 53.4 Å². The van der Waals surface area contributed by atoms with Crippen LogP contribution in [0.5, 0.6) is 0 Å². The van der Waals surface area contributed by atoms with Gasteiger partial charge in [0.05, 0.1) is 0 Å². The Hall–Kier alpha value is -2.44. The number of rotatable bonds is 8. The van der Waals surface area contributed by atoms with Gasteiger partial charge in [-0.1, -0.05) is 26.7 Å². The van der Waals surface area contributed by atoms with E-state index in [1.54, 1.807) is 0 Å². The number of hydrazone groups is 2. The van der Waals surface area contributed by atoms with Crippen molar-refractivity contribution in [3.05, 3.63) is 23.7 Å². The van der Waals surface area contributed by atoms with Crippen molar-refractivity contribution in [2.75, 3.05) is 0 Å². The predicted octanol–water partition coefficient (Wildman–Crippen LogP) is 3.09. The lowest BCUT2D eigenvalue weighted by molar-refractivity contribution is 0.0902. The van der Waals surface area contributed by atoms with Crippen molar-refractivity contribution < 1.29 is 14.0 Å². The molecule has 0 saturated heterocycles. The van der Waals surface area contributed by atoms with Crippen LogP contribution in [0.2, 0.25) is 0 Å². The molecule has 7 heteroatoms. The topological polar surface area (TPSA) is 96.1 Å². The average Bonchev–Trinajstić information content (AvgIpc) is 3.01. The molecule has 0 saturated carbocycles. The van der Waals surface area contributed by atoms with Gasteiger partial charge in [0.1, 0.15) is 0 Å². The lowest BCUT2D eigenvalue weighted by atomic mass is 10.2. The average molecular weight is 320 g/mol. The van der Waals surface area contributed by atoms with E-state index in [4.69, 9.17) is 4.42 Å². The summed E-state index contributed by atoms with van der Waals surface area (Å²) in [5.74, 6) is -0.940. The molecular formula is C16H24N4O3. The van der Waals surface area contributed by atoms with Crippen LogP contribution >= 0.6 is 0 Å². The number of nitrogens with zero attached hydrogens (tertiary/aromatic N) is 2. The Morgan fingerprint density at radius 1 is 0.913 bits per heavy atom. The Morgan fingerprint density at radius 3 is 1.65 bits per heavy atom. The highest BCUT2D eigenvalue weighted by Crippen LogP contribution is 2.08. The van der Waals surface area contributed by atoms with Crippen LogP contribution < -0.4 is 10.9 Å². The SMILES string of the molecule is CCC/C(C)=N\NC(=O)c1ccc(C(=O)N/N=C(/C)CCC)o1. The molecule has 7 nitrogen and oxygen atoms in total. The van der Waals surface area contributed by atoms with E-state index in [1.807, 2.05) is 27.7 Å². The first-order valence-electron chi connectivity index (χ1n) is 7.74. The Labute approximate surface area is 136 Å². The zero-order valence-corrected chi connectivity index (χ0v) is 14.1. The number of hydrogen-bond donors (Lipinski definition) is 2. The summed E-state index contributed by atoms with van der Waals surface area (Å²) in [4.78, 5) is 23.7.